The molecule has 1 aromatic heterocycles. The topological polar surface area (TPSA) is 52.5 Å². The van der Waals surface area contributed by atoms with Crippen LogP contribution in [-0.4, -0.2) is 4.57 Å². The first-order valence-electron chi connectivity index (χ1n) is 10.7. The van der Waals surface area contributed by atoms with E-state index in [2.05, 4.69) is 77.4 Å². The van der Waals surface area contributed by atoms with Crippen molar-refractivity contribution >= 4 is 32.6 Å². The largest absolute Gasteiger partial charge is 0.308 e. The second-order valence-electron chi connectivity index (χ2n) is 8.07. The van der Waals surface area contributed by atoms with Gasteiger partial charge in [-0.1, -0.05) is 66.7 Å². The maximum absolute atomic E-state index is 9.84. The van der Waals surface area contributed by atoms with Gasteiger partial charge in [-0.15, -0.1) is 0 Å². The SMILES string of the molecule is N#Cc1ccc(C#N)c(-n2c3ccc(-c4ccccc4)cc3c3c4ccccc4ccc32)c1. The molecule has 6 rings (SSSR count). The van der Waals surface area contributed by atoms with E-state index in [9.17, 15) is 10.5 Å². The van der Waals surface area contributed by atoms with Gasteiger partial charge in [-0.05, 0) is 58.3 Å². The third-order valence-corrected chi connectivity index (χ3v) is 6.25. The van der Waals surface area contributed by atoms with Crippen LogP contribution in [-0.2, 0) is 0 Å². The van der Waals surface area contributed by atoms with Crippen molar-refractivity contribution in [3.63, 3.8) is 0 Å². The molecule has 0 aliphatic carbocycles. The molecule has 0 unspecified atom stereocenters. The van der Waals surface area contributed by atoms with Crippen molar-refractivity contribution in [3.8, 4) is 29.0 Å². The van der Waals surface area contributed by atoms with E-state index < -0.39 is 0 Å². The monoisotopic (exact) mass is 419 g/mol. The molecule has 0 amide bonds. The second-order valence-corrected chi connectivity index (χ2v) is 8.07. The Kier molecular flexibility index (Phi) is 4.22. The maximum atomic E-state index is 9.84. The predicted molar refractivity (Wildman–Crippen MR) is 133 cm³/mol. The van der Waals surface area contributed by atoms with Crippen molar-refractivity contribution in [1.82, 2.24) is 4.57 Å². The van der Waals surface area contributed by atoms with Crippen LogP contribution in [0.4, 0.5) is 0 Å². The van der Waals surface area contributed by atoms with E-state index in [1.807, 2.05) is 24.3 Å². The molecule has 0 spiro atoms. The highest BCUT2D eigenvalue weighted by Crippen LogP contribution is 2.39. The standard InChI is InChI=1S/C30H17N3/c31-18-20-10-11-24(19-32)29(16-20)33-27-14-13-23(21-6-2-1-3-7-21)17-26(27)30-25-9-5-4-8-22(25)12-15-28(30)33/h1-17H. The number of aromatic nitrogens is 1. The molecule has 0 aliphatic rings. The van der Waals surface area contributed by atoms with E-state index in [-0.39, 0.29) is 0 Å². The third-order valence-electron chi connectivity index (χ3n) is 6.25. The summed E-state index contributed by atoms with van der Waals surface area (Å²) in [6, 6.07) is 39.2. The Bertz CT molecular complexity index is 1780. The minimum Gasteiger partial charge on any atom is -0.308 e. The van der Waals surface area contributed by atoms with E-state index in [0.29, 0.717) is 11.1 Å². The van der Waals surface area contributed by atoms with Crippen molar-refractivity contribution in [2.45, 2.75) is 0 Å². The molecule has 3 heteroatoms. The van der Waals surface area contributed by atoms with Crippen LogP contribution in [0, 0.1) is 22.7 Å². The first-order valence-corrected chi connectivity index (χ1v) is 10.7. The van der Waals surface area contributed by atoms with Gasteiger partial charge in [0.25, 0.3) is 0 Å². The molecule has 5 aromatic carbocycles. The fourth-order valence-corrected chi connectivity index (χ4v) is 4.74. The number of nitrogens with zero attached hydrogens (tertiary/aromatic N) is 3. The molecular weight excluding hydrogens is 402 g/mol. The van der Waals surface area contributed by atoms with Crippen LogP contribution in [0.1, 0.15) is 11.1 Å². The summed E-state index contributed by atoms with van der Waals surface area (Å²) < 4.78 is 2.12. The molecule has 0 saturated carbocycles. The summed E-state index contributed by atoms with van der Waals surface area (Å²) in [5, 5.41) is 24.0. The fourth-order valence-electron chi connectivity index (χ4n) is 4.74. The lowest BCUT2D eigenvalue weighted by molar-refractivity contribution is 1.16. The molecule has 0 radical (unpaired) electrons. The third kappa shape index (κ3) is 2.88. The number of fused-ring (bicyclic) bond motifs is 5. The average molecular weight is 419 g/mol. The molecule has 0 fully saturated rings. The highest BCUT2D eigenvalue weighted by molar-refractivity contribution is 6.22. The van der Waals surface area contributed by atoms with Crippen LogP contribution < -0.4 is 0 Å². The fraction of sp³-hybridized carbons (Fsp3) is 0. The van der Waals surface area contributed by atoms with Crippen LogP contribution in [0.5, 0.6) is 0 Å². The zero-order valence-corrected chi connectivity index (χ0v) is 17.7. The molecule has 3 nitrogen and oxygen atoms in total. The number of hydrogen-bond donors (Lipinski definition) is 0. The normalized spacial score (nSPS) is 11.0. The van der Waals surface area contributed by atoms with Crippen molar-refractivity contribution in [2.75, 3.05) is 0 Å². The van der Waals surface area contributed by atoms with Gasteiger partial charge in [-0.3, -0.25) is 0 Å². The molecule has 0 atom stereocenters. The van der Waals surface area contributed by atoms with Crippen molar-refractivity contribution < 1.29 is 0 Å². The zero-order chi connectivity index (χ0) is 22.4. The molecule has 33 heavy (non-hydrogen) atoms. The Morgan fingerprint density at radius 2 is 1.36 bits per heavy atom. The van der Waals surface area contributed by atoms with Gasteiger partial charge < -0.3 is 4.57 Å². The Labute approximate surface area is 191 Å². The summed E-state index contributed by atoms with van der Waals surface area (Å²) in [6.45, 7) is 0. The second kappa shape index (κ2) is 7.38. The Morgan fingerprint density at radius 1 is 0.576 bits per heavy atom. The van der Waals surface area contributed by atoms with Gasteiger partial charge >= 0.3 is 0 Å². The van der Waals surface area contributed by atoms with Crippen molar-refractivity contribution in [3.05, 3.63) is 114 Å². The van der Waals surface area contributed by atoms with Crippen LogP contribution >= 0.6 is 0 Å². The van der Waals surface area contributed by atoms with Gasteiger partial charge in [0.05, 0.1) is 33.9 Å². The molecular formula is C30H17N3. The minimum absolute atomic E-state index is 0.528. The number of hydrogen-bond acceptors (Lipinski definition) is 2. The van der Waals surface area contributed by atoms with E-state index >= 15 is 0 Å². The van der Waals surface area contributed by atoms with Crippen molar-refractivity contribution in [2.24, 2.45) is 0 Å². The lowest BCUT2D eigenvalue weighted by Gasteiger charge is -2.11. The van der Waals surface area contributed by atoms with Crippen LogP contribution in [0.2, 0.25) is 0 Å². The maximum Gasteiger partial charge on any atom is 0.101 e. The Balaban J connectivity index is 1.80. The summed E-state index contributed by atoms with van der Waals surface area (Å²) in [7, 11) is 0. The lowest BCUT2D eigenvalue weighted by Crippen LogP contribution is -1.98. The van der Waals surface area contributed by atoms with Gasteiger partial charge in [0.2, 0.25) is 0 Å². The van der Waals surface area contributed by atoms with Gasteiger partial charge in [-0.2, -0.15) is 10.5 Å². The van der Waals surface area contributed by atoms with Crippen LogP contribution in [0.25, 0.3) is 49.4 Å². The molecule has 0 aliphatic heterocycles. The highest BCUT2D eigenvalue weighted by atomic mass is 15.0. The molecule has 0 N–H and O–H groups in total. The first-order chi connectivity index (χ1) is 16.3. The summed E-state index contributed by atoms with van der Waals surface area (Å²) in [5.41, 5.74) is 6.10. The van der Waals surface area contributed by atoms with Crippen LogP contribution in [0.15, 0.2) is 103 Å². The number of nitriles is 2. The van der Waals surface area contributed by atoms with Crippen molar-refractivity contribution in [1.29, 1.82) is 10.5 Å². The molecule has 0 bridgehead atoms. The molecule has 1 heterocycles. The number of rotatable bonds is 2. The summed E-state index contributed by atoms with van der Waals surface area (Å²) in [4.78, 5) is 0. The smallest absolute Gasteiger partial charge is 0.101 e. The van der Waals surface area contributed by atoms with E-state index in [1.54, 1.807) is 18.2 Å². The lowest BCUT2D eigenvalue weighted by atomic mass is 10.0. The minimum atomic E-state index is 0.528. The molecule has 6 aromatic rings. The van der Waals surface area contributed by atoms with Gasteiger partial charge in [0, 0.05) is 10.8 Å². The van der Waals surface area contributed by atoms with E-state index in [4.69, 9.17) is 0 Å². The zero-order valence-electron chi connectivity index (χ0n) is 17.7. The van der Waals surface area contributed by atoms with Gasteiger partial charge in [-0.25, -0.2) is 0 Å². The molecule has 152 valence electrons. The summed E-state index contributed by atoms with van der Waals surface area (Å²) in [5.74, 6) is 0. The van der Waals surface area contributed by atoms with Crippen LogP contribution in [0.3, 0.4) is 0 Å². The molecule has 0 saturated heterocycles. The average Bonchev–Trinajstić information content (AvgIpc) is 3.22. The quantitative estimate of drug-likeness (QED) is 0.295. The first kappa shape index (κ1) is 18.9. The Morgan fingerprint density at radius 3 is 2.18 bits per heavy atom. The summed E-state index contributed by atoms with van der Waals surface area (Å²) >= 11 is 0. The predicted octanol–water partition coefficient (Wildman–Crippen LogP) is 7.35. The van der Waals surface area contributed by atoms with Gasteiger partial charge in [0.15, 0.2) is 0 Å². The van der Waals surface area contributed by atoms with E-state index in [1.165, 1.54) is 10.8 Å². The van der Waals surface area contributed by atoms with Gasteiger partial charge in [0.1, 0.15) is 6.07 Å². The Hall–Kier alpha value is -4.86. The summed E-state index contributed by atoms with van der Waals surface area (Å²) in [6.07, 6.45) is 0. The highest BCUT2D eigenvalue weighted by Gasteiger charge is 2.18. The number of benzene rings is 5. The van der Waals surface area contributed by atoms with E-state index in [0.717, 1.165) is 38.6 Å².